The maximum atomic E-state index is 9.13. The number of allylic oxidation sites excluding steroid dienone is 1. The third-order valence-corrected chi connectivity index (χ3v) is 3.19. The Labute approximate surface area is 94.6 Å². The summed E-state index contributed by atoms with van der Waals surface area (Å²) < 4.78 is 0. The van der Waals surface area contributed by atoms with Crippen LogP contribution < -0.4 is 0 Å². The molecule has 0 heterocycles. The van der Waals surface area contributed by atoms with Gasteiger partial charge in [-0.1, -0.05) is 48.6 Å². The van der Waals surface area contributed by atoms with Gasteiger partial charge < -0.3 is 0 Å². The fraction of sp³-hybridized carbons (Fsp3) is 0.133. The van der Waals surface area contributed by atoms with Gasteiger partial charge in [0.25, 0.3) is 0 Å². The van der Waals surface area contributed by atoms with Crippen LogP contribution in [0.4, 0.5) is 0 Å². The number of nitriles is 1. The number of benzene rings is 2. The largest absolute Gasteiger partial charge is 0.198 e. The Hall–Kier alpha value is -2.07. The molecule has 0 saturated heterocycles. The van der Waals surface area contributed by atoms with Crippen molar-refractivity contribution in [3.8, 4) is 6.07 Å². The minimum Gasteiger partial charge on any atom is -0.198 e. The zero-order valence-corrected chi connectivity index (χ0v) is 8.85. The van der Waals surface area contributed by atoms with Gasteiger partial charge in [0, 0.05) is 0 Å². The highest BCUT2D eigenvalue weighted by Crippen LogP contribution is 2.33. The Morgan fingerprint density at radius 3 is 2.88 bits per heavy atom. The van der Waals surface area contributed by atoms with Crippen LogP contribution in [0, 0.1) is 11.3 Å². The van der Waals surface area contributed by atoms with Crippen molar-refractivity contribution < 1.29 is 0 Å². The van der Waals surface area contributed by atoms with Gasteiger partial charge >= 0.3 is 0 Å². The molecule has 16 heavy (non-hydrogen) atoms. The van der Waals surface area contributed by atoms with Crippen molar-refractivity contribution in [1.29, 1.82) is 5.26 Å². The fourth-order valence-corrected chi connectivity index (χ4v) is 2.37. The van der Waals surface area contributed by atoms with Crippen LogP contribution in [-0.2, 0) is 0 Å². The molecule has 0 amide bonds. The normalized spacial score (nSPS) is 18.1. The van der Waals surface area contributed by atoms with Crippen molar-refractivity contribution in [1.82, 2.24) is 0 Å². The molecule has 2 aromatic rings. The topological polar surface area (TPSA) is 23.8 Å². The van der Waals surface area contributed by atoms with Crippen molar-refractivity contribution in [2.24, 2.45) is 0 Å². The summed E-state index contributed by atoms with van der Waals surface area (Å²) >= 11 is 0. The highest BCUT2D eigenvalue weighted by Gasteiger charge is 2.17. The van der Waals surface area contributed by atoms with Crippen LogP contribution in [0.15, 0.2) is 42.5 Å². The van der Waals surface area contributed by atoms with E-state index in [0.29, 0.717) is 0 Å². The molecule has 2 aromatic carbocycles. The number of hydrogen-bond donors (Lipinski definition) is 0. The van der Waals surface area contributed by atoms with E-state index in [9.17, 15) is 0 Å². The highest BCUT2D eigenvalue weighted by atomic mass is 14.3. The van der Waals surface area contributed by atoms with Crippen LogP contribution >= 0.6 is 0 Å². The van der Waals surface area contributed by atoms with Gasteiger partial charge in [-0.2, -0.15) is 5.26 Å². The van der Waals surface area contributed by atoms with Crippen LogP contribution in [0.5, 0.6) is 0 Å². The molecule has 1 aliphatic carbocycles. The van der Waals surface area contributed by atoms with E-state index in [4.69, 9.17) is 5.26 Å². The van der Waals surface area contributed by atoms with Gasteiger partial charge in [0.1, 0.15) is 0 Å². The molecule has 1 heteroatoms. The fourth-order valence-electron chi connectivity index (χ4n) is 2.37. The summed E-state index contributed by atoms with van der Waals surface area (Å²) in [6.07, 6.45) is 5.08. The summed E-state index contributed by atoms with van der Waals surface area (Å²) in [6, 6.07) is 14.9. The first kappa shape index (κ1) is 9.18. The summed E-state index contributed by atoms with van der Waals surface area (Å²) in [5.74, 6) is 0.0182. The maximum Gasteiger partial charge on any atom is 0.0753 e. The highest BCUT2D eigenvalue weighted by molar-refractivity contribution is 5.92. The van der Waals surface area contributed by atoms with Crippen LogP contribution in [-0.4, -0.2) is 0 Å². The number of rotatable bonds is 0. The number of nitrogens with zero attached hydrogens (tertiary/aromatic N) is 1. The van der Waals surface area contributed by atoms with E-state index in [0.717, 1.165) is 6.42 Å². The average molecular weight is 205 g/mol. The molecule has 1 atom stereocenters. The molecule has 1 nitrogen and oxygen atoms in total. The van der Waals surface area contributed by atoms with Crippen LogP contribution in [0.3, 0.4) is 0 Å². The van der Waals surface area contributed by atoms with E-state index in [2.05, 4.69) is 42.5 Å². The summed E-state index contributed by atoms with van der Waals surface area (Å²) in [4.78, 5) is 0. The van der Waals surface area contributed by atoms with Crippen LogP contribution in [0.25, 0.3) is 16.8 Å². The summed E-state index contributed by atoms with van der Waals surface area (Å²) in [7, 11) is 0. The minimum atomic E-state index is 0.0182. The van der Waals surface area contributed by atoms with Gasteiger partial charge in [-0.15, -0.1) is 0 Å². The average Bonchev–Trinajstić information content (AvgIpc) is 2.37. The number of fused-ring (bicyclic) bond motifs is 3. The van der Waals surface area contributed by atoms with Crippen LogP contribution in [0.2, 0.25) is 0 Å². The van der Waals surface area contributed by atoms with E-state index in [1.807, 2.05) is 12.1 Å². The Bertz CT molecular complexity index is 617. The standard InChI is InChI=1S/C15H11N/c16-10-12-5-3-7-15-13-6-2-1-4-11(13)8-9-14(12)15/h1-4,6-9,12H,5H2. The predicted molar refractivity (Wildman–Crippen MR) is 66.0 cm³/mol. The van der Waals surface area contributed by atoms with E-state index in [1.54, 1.807) is 0 Å². The zero-order chi connectivity index (χ0) is 11.0. The Morgan fingerprint density at radius 2 is 2.00 bits per heavy atom. The first-order chi connectivity index (χ1) is 7.90. The first-order valence-corrected chi connectivity index (χ1v) is 5.48. The quantitative estimate of drug-likeness (QED) is 0.640. The lowest BCUT2D eigenvalue weighted by Gasteiger charge is -2.17. The second-order valence-corrected chi connectivity index (χ2v) is 4.11. The van der Waals surface area contributed by atoms with Gasteiger partial charge in [-0.3, -0.25) is 0 Å². The number of hydrogen-bond acceptors (Lipinski definition) is 1. The van der Waals surface area contributed by atoms with Gasteiger partial charge in [-0.25, -0.2) is 0 Å². The predicted octanol–water partition coefficient (Wildman–Crippen LogP) is 3.86. The minimum absolute atomic E-state index is 0.0182. The van der Waals surface area contributed by atoms with Gasteiger partial charge in [0.2, 0.25) is 0 Å². The first-order valence-electron chi connectivity index (χ1n) is 5.48. The molecule has 0 radical (unpaired) electrons. The molecule has 1 unspecified atom stereocenters. The lowest BCUT2D eigenvalue weighted by atomic mass is 9.85. The third-order valence-electron chi connectivity index (χ3n) is 3.19. The van der Waals surface area contributed by atoms with E-state index in [-0.39, 0.29) is 5.92 Å². The Morgan fingerprint density at radius 1 is 1.12 bits per heavy atom. The van der Waals surface area contributed by atoms with Crippen molar-refractivity contribution in [2.45, 2.75) is 12.3 Å². The second kappa shape index (κ2) is 3.50. The Balaban J connectivity index is 2.36. The molecule has 0 aromatic heterocycles. The van der Waals surface area contributed by atoms with Gasteiger partial charge in [0.15, 0.2) is 0 Å². The smallest absolute Gasteiger partial charge is 0.0753 e. The molecule has 0 saturated carbocycles. The molecule has 0 spiro atoms. The Kier molecular flexibility index (Phi) is 2.01. The van der Waals surface area contributed by atoms with Gasteiger partial charge in [-0.05, 0) is 28.3 Å². The van der Waals surface area contributed by atoms with Crippen molar-refractivity contribution in [3.05, 3.63) is 53.6 Å². The molecule has 0 bridgehead atoms. The third kappa shape index (κ3) is 1.24. The molecular weight excluding hydrogens is 194 g/mol. The van der Waals surface area contributed by atoms with E-state index in [1.165, 1.54) is 21.9 Å². The molecule has 0 N–H and O–H groups in total. The maximum absolute atomic E-state index is 9.13. The second-order valence-electron chi connectivity index (χ2n) is 4.11. The molecule has 0 fully saturated rings. The summed E-state index contributed by atoms with van der Waals surface area (Å²) in [6.45, 7) is 0. The molecular formula is C15H11N. The monoisotopic (exact) mass is 205 g/mol. The lowest BCUT2D eigenvalue weighted by Crippen LogP contribution is -2.01. The SMILES string of the molecule is N#CC1CC=Cc2c1ccc1ccccc21. The molecule has 0 aliphatic heterocycles. The van der Waals surface area contributed by atoms with E-state index < -0.39 is 0 Å². The van der Waals surface area contributed by atoms with Crippen molar-refractivity contribution in [3.63, 3.8) is 0 Å². The molecule has 76 valence electrons. The summed E-state index contributed by atoms with van der Waals surface area (Å²) in [5, 5.41) is 11.6. The molecule has 3 rings (SSSR count). The van der Waals surface area contributed by atoms with Gasteiger partial charge in [0.05, 0.1) is 12.0 Å². The van der Waals surface area contributed by atoms with Crippen molar-refractivity contribution >= 4 is 16.8 Å². The van der Waals surface area contributed by atoms with E-state index >= 15 is 0 Å². The summed E-state index contributed by atoms with van der Waals surface area (Å²) in [5.41, 5.74) is 2.39. The van der Waals surface area contributed by atoms with Crippen molar-refractivity contribution in [2.75, 3.05) is 0 Å². The lowest BCUT2D eigenvalue weighted by molar-refractivity contribution is 0.869. The van der Waals surface area contributed by atoms with Crippen LogP contribution in [0.1, 0.15) is 23.5 Å². The zero-order valence-electron chi connectivity index (χ0n) is 8.85. The molecule has 1 aliphatic rings.